The maximum Gasteiger partial charge on any atom is 0.338 e. The van der Waals surface area contributed by atoms with E-state index in [-0.39, 0.29) is 12.6 Å². The first-order valence-electron chi connectivity index (χ1n) is 7.46. The van der Waals surface area contributed by atoms with E-state index in [1.54, 1.807) is 26.8 Å². The van der Waals surface area contributed by atoms with Gasteiger partial charge in [0.1, 0.15) is 5.76 Å². The number of esters is 1. The quantitative estimate of drug-likeness (QED) is 0.859. The normalized spacial score (nSPS) is 17.9. The minimum absolute atomic E-state index is 0.253. The number of carbonyl (C=O) groups is 2. The maximum absolute atomic E-state index is 12.6. The summed E-state index contributed by atoms with van der Waals surface area (Å²) >= 11 is 1.50. The third kappa shape index (κ3) is 2.80. The number of aromatic nitrogens is 1. The van der Waals surface area contributed by atoms with E-state index in [0.29, 0.717) is 22.8 Å². The molecule has 126 valence electrons. The molecule has 0 saturated carbocycles. The summed E-state index contributed by atoms with van der Waals surface area (Å²) < 4.78 is 10.2. The van der Waals surface area contributed by atoms with Gasteiger partial charge in [0, 0.05) is 11.8 Å². The smallest absolute Gasteiger partial charge is 0.338 e. The van der Waals surface area contributed by atoms with E-state index < -0.39 is 12.0 Å². The molecule has 0 saturated heterocycles. The van der Waals surface area contributed by atoms with Gasteiger partial charge in [-0.15, -0.1) is 0 Å². The number of ether oxygens (including phenoxy) is 1. The molecule has 0 fully saturated rings. The second-order valence-corrected chi connectivity index (χ2v) is 6.07. The molecule has 0 spiro atoms. The standard InChI is InChI=1S/C16H17N3O4S/c1-4-22-15(20)13-10(3)19(12-7-9(2)23-18-12)16(21)17-14(13)11-5-6-24-8-11/h5-8,14H,4H2,1-3H3,(H,17,21). The van der Waals surface area contributed by atoms with Crippen molar-refractivity contribution in [2.45, 2.75) is 26.8 Å². The van der Waals surface area contributed by atoms with Crippen LogP contribution in [0.3, 0.4) is 0 Å². The van der Waals surface area contributed by atoms with Crippen LogP contribution in [0.4, 0.5) is 10.6 Å². The molecule has 3 heterocycles. The molecule has 2 aromatic heterocycles. The Hall–Kier alpha value is -2.61. The van der Waals surface area contributed by atoms with E-state index >= 15 is 0 Å². The van der Waals surface area contributed by atoms with E-state index in [1.165, 1.54) is 16.2 Å². The molecule has 1 aliphatic rings. The van der Waals surface area contributed by atoms with Crippen LogP contribution in [0.1, 0.15) is 31.2 Å². The maximum atomic E-state index is 12.6. The second-order valence-electron chi connectivity index (χ2n) is 5.29. The number of rotatable bonds is 4. The summed E-state index contributed by atoms with van der Waals surface area (Å²) in [7, 11) is 0. The number of anilines is 1. The van der Waals surface area contributed by atoms with Crippen LogP contribution in [0.2, 0.25) is 0 Å². The molecule has 0 bridgehead atoms. The van der Waals surface area contributed by atoms with Crippen molar-refractivity contribution < 1.29 is 18.8 Å². The first kappa shape index (κ1) is 16.3. The molecule has 1 aliphatic heterocycles. The molecular formula is C16H17N3O4S. The lowest BCUT2D eigenvalue weighted by Crippen LogP contribution is -2.48. The fraction of sp³-hybridized carbons (Fsp3) is 0.312. The first-order chi connectivity index (χ1) is 11.5. The van der Waals surface area contributed by atoms with Crippen molar-refractivity contribution in [2.75, 3.05) is 11.5 Å². The molecule has 0 aromatic carbocycles. The highest BCUT2D eigenvalue weighted by molar-refractivity contribution is 7.08. The Morgan fingerprint density at radius 2 is 2.29 bits per heavy atom. The van der Waals surface area contributed by atoms with Crippen molar-refractivity contribution >= 4 is 29.2 Å². The third-order valence-electron chi connectivity index (χ3n) is 3.70. The van der Waals surface area contributed by atoms with Crippen molar-refractivity contribution in [2.24, 2.45) is 0 Å². The molecule has 0 aliphatic carbocycles. The molecule has 24 heavy (non-hydrogen) atoms. The van der Waals surface area contributed by atoms with Crippen LogP contribution in [-0.2, 0) is 9.53 Å². The second kappa shape index (κ2) is 6.48. The summed E-state index contributed by atoms with van der Waals surface area (Å²) in [5, 5.41) is 10.5. The van der Waals surface area contributed by atoms with Crippen LogP contribution < -0.4 is 10.2 Å². The average Bonchev–Trinajstić information content (AvgIpc) is 3.18. The highest BCUT2D eigenvalue weighted by Crippen LogP contribution is 2.34. The molecule has 7 nitrogen and oxygen atoms in total. The van der Waals surface area contributed by atoms with E-state index in [2.05, 4.69) is 10.5 Å². The Morgan fingerprint density at radius 1 is 1.50 bits per heavy atom. The fourth-order valence-corrected chi connectivity index (χ4v) is 3.33. The van der Waals surface area contributed by atoms with Crippen molar-refractivity contribution in [1.29, 1.82) is 0 Å². The molecule has 2 amide bonds. The van der Waals surface area contributed by atoms with E-state index in [0.717, 1.165) is 5.56 Å². The lowest BCUT2D eigenvalue weighted by Gasteiger charge is -2.33. The van der Waals surface area contributed by atoms with Gasteiger partial charge in [0.2, 0.25) is 0 Å². The highest BCUT2D eigenvalue weighted by Gasteiger charge is 2.38. The summed E-state index contributed by atoms with van der Waals surface area (Å²) in [5.74, 6) is 0.438. The summed E-state index contributed by atoms with van der Waals surface area (Å²) in [6.07, 6.45) is 0. The monoisotopic (exact) mass is 347 g/mol. The van der Waals surface area contributed by atoms with Crippen molar-refractivity contribution in [3.63, 3.8) is 0 Å². The summed E-state index contributed by atoms with van der Waals surface area (Å²) in [4.78, 5) is 26.4. The van der Waals surface area contributed by atoms with E-state index in [4.69, 9.17) is 9.26 Å². The van der Waals surface area contributed by atoms with Crippen LogP contribution in [0.5, 0.6) is 0 Å². The number of carbonyl (C=O) groups excluding carboxylic acids is 2. The average molecular weight is 347 g/mol. The lowest BCUT2D eigenvalue weighted by atomic mass is 9.97. The van der Waals surface area contributed by atoms with Gasteiger partial charge in [-0.1, -0.05) is 5.16 Å². The van der Waals surface area contributed by atoms with E-state index in [9.17, 15) is 9.59 Å². The molecule has 1 N–H and O–H groups in total. The molecule has 2 aromatic rings. The van der Waals surface area contributed by atoms with Crippen LogP contribution in [0.15, 0.2) is 38.7 Å². The van der Waals surface area contributed by atoms with Gasteiger partial charge in [-0.05, 0) is 43.2 Å². The zero-order valence-corrected chi connectivity index (χ0v) is 14.3. The Balaban J connectivity index is 2.10. The highest BCUT2D eigenvalue weighted by atomic mass is 32.1. The van der Waals surface area contributed by atoms with Crippen molar-refractivity contribution in [1.82, 2.24) is 10.5 Å². The number of nitrogens with one attached hydrogen (secondary N) is 1. The summed E-state index contributed by atoms with van der Waals surface area (Å²) in [6.45, 7) is 5.43. The Labute approximate surface area is 142 Å². The molecule has 0 radical (unpaired) electrons. The van der Waals surface area contributed by atoms with Gasteiger partial charge in [0.05, 0.1) is 18.2 Å². The summed E-state index contributed by atoms with van der Waals surface area (Å²) in [6, 6.07) is 2.59. The predicted octanol–water partition coefficient (Wildman–Crippen LogP) is 3.15. The summed E-state index contributed by atoms with van der Waals surface area (Å²) in [5.41, 5.74) is 1.70. The van der Waals surface area contributed by atoms with Crippen LogP contribution >= 0.6 is 11.3 Å². The first-order valence-corrected chi connectivity index (χ1v) is 8.41. The predicted molar refractivity (Wildman–Crippen MR) is 88.6 cm³/mol. The molecular weight excluding hydrogens is 330 g/mol. The molecule has 1 unspecified atom stereocenters. The van der Waals surface area contributed by atoms with Crippen LogP contribution in [0.25, 0.3) is 0 Å². The topological polar surface area (TPSA) is 84.7 Å². The molecule has 3 rings (SSSR count). The molecule has 1 atom stereocenters. The van der Waals surface area contributed by atoms with Crippen LogP contribution in [0, 0.1) is 6.92 Å². The third-order valence-corrected chi connectivity index (χ3v) is 4.40. The minimum atomic E-state index is -0.549. The zero-order chi connectivity index (χ0) is 17.3. The number of allylic oxidation sites excluding steroid dienone is 1. The van der Waals surface area contributed by atoms with Gasteiger partial charge in [0.15, 0.2) is 5.82 Å². The number of hydrogen-bond acceptors (Lipinski definition) is 6. The SMILES string of the molecule is CCOC(=O)C1=C(C)N(c2cc(C)on2)C(=O)NC1c1ccsc1. The Bertz CT molecular complexity index is 794. The fourth-order valence-electron chi connectivity index (χ4n) is 2.64. The van der Waals surface area contributed by atoms with Crippen molar-refractivity contribution in [3.05, 3.63) is 45.5 Å². The zero-order valence-electron chi connectivity index (χ0n) is 13.5. The van der Waals surface area contributed by atoms with E-state index in [1.807, 2.05) is 16.8 Å². The number of nitrogens with zero attached hydrogens (tertiary/aromatic N) is 2. The van der Waals surface area contributed by atoms with Gasteiger partial charge in [-0.2, -0.15) is 11.3 Å². The number of thiophene rings is 1. The van der Waals surface area contributed by atoms with Crippen LogP contribution in [-0.4, -0.2) is 23.8 Å². The number of aryl methyl sites for hydroxylation is 1. The Kier molecular flexibility index (Phi) is 4.39. The lowest BCUT2D eigenvalue weighted by molar-refractivity contribution is -0.139. The minimum Gasteiger partial charge on any atom is -0.463 e. The molecule has 8 heteroatoms. The largest absolute Gasteiger partial charge is 0.463 e. The van der Waals surface area contributed by atoms with Gasteiger partial charge < -0.3 is 14.6 Å². The van der Waals surface area contributed by atoms with Crippen molar-refractivity contribution in [3.8, 4) is 0 Å². The van der Waals surface area contributed by atoms with Gasteiger partial charge in [-0.3, -0.25) is 0 Å². The van der Waals surface area contributed by atoms with Gasteiger partial charge in [-0.25, -0.2) is 14.5 Å². The van der Waals surface area contributed by atoms with Gasteiger partial charge in [0.25, 0.3) is 0 Å². The number of amides is 2. The van der Waals surface area contributed by atoms with Gasteiger partial charge >= 0.3 is 12.0 Å². The Morgan fingerprint density at radius 3 is 2.88 bits per heavy atom. The number of hydrogen-bond donors (Lipinski definition) is 1. The number of urea groups is 1.